The summed E-state index contributed by atoms with van der Waals surface area (Å²) in [6.07, 6.45) is 1.95. The summed E-state index contributed by atoms with van der Waals surface area (Å²) in [4.78, 5) is 12.4. The van der Waals surface area contributed by atoms with Crippen molar-refractivity contribution in [3.63, 3.8) is 0 Å². The number of amides is 1. The summed E-state index contributed by atoms with van der Waals surface area (Å²) in [5.74, 6) is 0.264. The Kier molecular flexibility index (Phi) is 6.29. The average molecular weight is 396 g/mol. The molecule has 1 heterocycles. The highest BCUT2D eigenvalue weighted by molar-refractivity contribution is 6.01. The molecule has 1 saturated heterocycles. The van der Waals surface area contributed by atoms with Crippen LogP contribution in [0.2, 0.25) is 0 Å². The summed E-state index contributed by atoms with van der Waals surface area (Å²) in [6, 6.07) is 11.3. The van der Waals surface area contributed by atoms with Crippen molar-refractivity contribution in [2.75, 3.05) is 26.0 Å². The van der Waals surface area contributed by atoms with Gasteiger partial charge in [-0.15, -0.1) is 0 Å². The predicted molar refractivity (Wildman–Crippen MR) is 115 cm³/mol. The van der Waals surface area contributed by atoms with Crippen molar-refractivity contribution in [3.8, 4) is 16.9 Å². The molecular weight excluding hydrogens is 368 g/mol. The maximum atomic E-state index is 12.4. The van der Waals surface area contributed by atoms with Gasteiger partial charge in [-0.2, -0.15) is 0 Å². The Hall–Kier alpha value is -3.19. The number of rotatable bonds is 6. The van der Waals surface area contributed by atoms with Crippen LogP contribution in [0, 0.1) is 6.92 Å². The fraction of sp³-hybridized carbons (Fsp3) is 0.318. The maximum absolute atomic E-state index is 12.4. The lowest BCUT2D eigenvalue weighted by Crippen LogP contribution is -2.36. The highest BCUT2D eigenvalue weighted by Gasteiger charge is 2.20. The van der Waals surface area contributed by atoms with Crippen LogP contribution in [-0.2, 0) is 9.53 Å². The second-order valence-electron chi connectivity index (χ2n) is 7.14. The van der Waals surface area contributed by atoms with Crippen molar-refractivity contribution < 1.29 is 14.3 Å². The van der Waals surface area contributed by atoms with Crippen LogP contribution in [0.3, 0.4) is 0 Å². The van der Waals surface area contributed by atoms with Gasteiger partial charge in [0.05, 0.1) is 18.9 Å². The zero-order chi connectivity index (χ0) is 21.0. The van der Waals surface area contributed by atoms with Crippen molar-refractivity contribution in [1.82, 2.24) is 5.32 Å². The molecule has 0 aliphatic carbocycles. The summed E-state index contributed by atoms with van der Waals surface area (Å²) >= 11 is 0. The maximum Gasteiger partial charge on any atom is 0.269 e. The van der Waals surface area contributed by atoms with Crippen molar-refractivity contribution in [1.29, 1.82) is 0 Å². The van der Waals surface area contributed by atoms with E-state index in [0.717, 1.165) is 36.1 Å². The lowest BCUT2D eigenvalue weighted by atomic mass is 9.96. The van der Waals surface area contributed by atoms with E-state index < -0.39 is 5.91 Å². The summed E-state index contributed by atoms with van der Waals surface area (Å²) in [6.45, 7) is 3.12. The third kappa shape index (κ3) is 4.46. The van der Waals surface area contributed by atoms with E-state index in [-0.39, 0.29) is 17.5 Å². The number of methoxy groups -OCH3 is 1. The number of ether oxygens (including phenoxy) is 2. The number of anilines is 1. The Morgan fingerprint density at radius 1 is 1.24 bits per heavy atom. The number of benzene rings is 2. The fourth-order valence-corrected chi connectivity index (χ4v) is 3.44. The third-order valence-corrected chi connectivity index (χ3v) is 5.09. The molecule has 1 amide bonds. The van der Waals surface area contributed by atoms with Crippen LogP contribution in [0.1, 0.15) is 24.0 Å². The van der Waals surface area contributed by atoms with Crippen LogP contribution < -0.4 is 27.3 Å². The van der Waals surface area contributed by atoms with E-state index in [1.165, 1.54) is 0 Å². The number of hydrogen-bond acceptors (Lipinski definition) is 6. The molecule has 2 aromatic rings. The van der Waals surface area contributed by atoms with E-state index in [1.807, 2.05) is 37.3 Å². The molecule has 1 aliphatic rings. The minimum atomic E-state index is -0.434. The molecule has 0 bridgehead atoms. The number of nitrogens with two attached hydrogens (primary N) is 3. The zero-order valence-electron chi connectivity index (χ0n) is 16.8. The first-order valence-corrected chi connectivity index (χ1v) is 9.61. The van der Waals surface area contributed by atoms with Crippen LogP contribution in [0.4, 0.5) is 5.69 Å². The normalized spacial score (nSPS) is 17.0. The van der Waals surface area contributed by atoms with Crippen LogP contribution in [0.15, 0.2) is 42.1 Å². The number of nitrogens with one attached hydrogen (secondary N) is 1. The van der Waals surface area contributed by atoms with Gasteiger partial charge >= 0.3 is 0 Å². The molecule has 0 aromatic heterocycles. The summed E-state index contributed by atoms with van der Waals surface area (Å²) < 4.78 is 11.0. The zero-order valence-corrected chi connectivity index (χ0v) is 16.8. The monoisotopic (exact) mass is 396 g/mol. The average Bonchev–Trinajstić information content (AvgIpc) is 3.24. The first-order valence-electron chi connectivity index (χ1n) is 9.61. The Labute approximate surface area is 170 Å². The van der Waals surface area contributed by atoms with Gasteiger partial charge in [-0.3, -0.25) is 4.79 Å². The minimum absolute atomic E-state index is 0.0233. The molecule has 0 spiro atoms. The molecule has 154 valence electrons. The molecule has 1 aliphatic heterocycles. The standard InChI is InChI=1S/C22H28N4O3/c1-13-8-9-18(28-2)17(11-13)15-6-3-7-16(19(15)23)20(24)21(25)22(27)26-12-14-5-4-10-29-14/h3,6-9,11,14H,4-5,10,12,23-25H2,1-2H3,(H,26,27)/b21-20+. The Bertz CT molecular complexity index is 934. The molecule has 1 fully saturated rings. The smallest absolute Gasteiger partial charge is 0.269 e. The molecule has 1 atom stereocenters. The molecular formula is C22H28N4O3. The topological polar surface area (TPSA) is 126 Å². The van der Waals surface area contributed by atoms with Crippen molar-refractivity contribution >= 4 is 17.3 Å². The summed E-state index contributed by atoms with van der Waals surface area (Å²) in [7, 11) is 1.61. The van der Waals surface area contributed by atoms with Crippen LogP contribution >= 0.6 is 0 Å². The SMILES string of the molecule is COc1ccc(C)cc1-c1cccc(/C(N)=C(\N)C(=O)NCC2CCCO2)c1N. The van der Waals surface area contributed by atoms with Crippen molar-refractivity contribution in [2.45, 2.75) is 25.9 Å². The van der Waals surface area contributed by atoms with Gasteiger partial charge in [0, 0.05) is 35.5 Å². The lowest BCUT2D eigenvalue weighted by molar-refractivity contribution is -0.118. The van der Waals surface area contributed by atoms with E-state index in [4.69, 9.17) is 26.7 Å². The molecule has 0 radical (unpaired) electrons. The third-order valence-electron chi connectivity index (χ3n) is 5.09. The van der Waals surface area contributed by atoms with Crippen LogP contribution in [-0.4, -0.2) is 32.3 Å². The first-order chi connectivity index (χ1) is 13.9. The second kappa shape index (κ2) is 8.87. The summed E-state index contributed by atoms with van der Waals surface area (Å²) in [5.41, 5.74) is 22.4. The van der Waals surface area contributed by atoms with Gasteiger partial charge < -0.3 is 32.0 Å². The Morgan fingerprint density at radius 3 is 2.72 bits per heavy atom. The fourth-order valence-electron chi connectivity index (χ4n) is 3.44. The number of carbonyl (C=O) groups is 1. The van der Waals surface area contributed by atoms with Gasteiger partial charge in [0.25, 0.3) is 5.91 Å². The Morgan fingerprint density at radius 2 is 2.03 bits per heavy atom. The number of aryl methyl sites for hydroxylation is 1. The highest BCUT2D eigenvalue weighted by Crippen LogP contribution is 2.37. The second-order valence-corrected chi connectivity index (χ2v) is 7.14. The number of para-hydroxylation sites is 1. The highest BCUT2D eigenvalue weighted by atomic mass is 16.5. The Balaban J connectivity index is 1.90. The number of carbonyl (C=O) groups excluding carboxylic acids is 1. The molecule has 0 saturated carbocycles. The molecule has 7 nitrogen and oxygen atoms in total. The molecule has 7 heteroatoms. The summed E-state index contributed by atoms with van der Waals surface area (Å²) in [5, 5.41) is 2.78. The first kappa shape index (κ1) is 20.5. The van der Waals surface area contributed by atoms with E-state index in [0.29, 0.717) is 23.5 Å². The van der Waals surface area contributed by atoms with Gasteiger partial charge in [0.1, 0.15) is 11.4 Å². The van der Waals surface area contributed by atoms with E-state index in [1.54, 1.807) is 13.2 Å². The van der Waals surface area contributed by atoms with E-state index >= 15 is 0 Å². The van der Waals surface area contributed by atoms with Crippen molar-refractivity contribution in [3.05, 3.63) is 53.2 Å². The van der Waals surface area contributed by atoms with Crippen molar-refractivity contribution in [2.24, 2.45) is 11.5 Å². The molecule has 29 heavy (non-hydrogen) atoms. The van der Waals surface area contributed by atoms with Gasteiger partial charge in [-0.05, 0) is 31.9 Å². The molecule has 2 aromatic carbocycles. The number of hydrogen-bond donors (Lipinski definition) is 4. The molecule has 7 N–H and O–H groups in total. The lowest BCUT2D eigenvalue weighted by Gasteiger charge is -2.16. The van der Waals surface area contributed by atoms with Crippen LogP contribution in [0.25, 0.3) is 16.8 Å². The minimum Gasteiger partial charge on any atom is -0.496 e. The number of nitrogen functional groups attached to an aromatic ring is 1. The van der Waals surface area contributed by atoms with E-state index in [9.17, 15) is 4.79 Å². The van der Waals surface area contributed by atoms with E-state index in [2.05, 4.69) is 5.32 Å². The largest absolute Gasteiger partial charge is 0.496 e. The quantitative estimate of drug-likeness (QED) is 0.438. The molecule has 1 unspecified atom stereocenters. The van der Waals surface area contributed by atoms with Gasteiger partial charge in [0.15, 0.2) is 0 Å². The van der Waals surface area contributed by atoms with Gasteiger partial charge in [-0.1, -0.05) is 29.8 Å². The van der Waals surface area contributed by atoms with Crippen LogP contribution in [0.5, 0.6) is 5.75 Å². The van der Waals surface area contributed by atoms with Gasteiger partial charge in [-0.25, -0.2) is 0 Å². The van der Waals surface area contributed by atoms with Gasteiger partial charge in [0.2, 0.25) is 0 Å². The predicted octanol–water partition coefficient (Wildman–Crippen LogP) is 2.13. The molecule has 3 rings (SSSR count).